The zero-order chi connectivity index (χ0) is 24.9. The molecule has 1 amide bonds. The molecular weight excluding hydrogens is 536 g/mol. The summed E-state index contributed by atoms with van der Waals surface area (Å²) in [7, 11) is 0. The normalized spacial score (nSPS) is 24.5. The molecule has 4 atom stereocenters. The number of halogens is 2. The number of fused-ring (bicyclic) bond motifs is 2. The Labute approximate surface area is 222 Å². The predicted octanol–water partition coefficient (Wildman–Crippen LogP) is 6.88. The molecule has 2 aliphatic rings. The van der Waals surface area contributed by atoms with Gasteiger partial charge in [0.1, 0.15) is 5.54 Å². The number of Topliss-reactive ketones (excluding diaryl/α,β-unsaturated/α-hetero) is 1. The van der Waals surface area contributed by atoms with E-state index < -0.39 is 11.5 Å². The van der Waals surface area contributed by atoms with E-state index in [4.69, 9.17) is 11.6 Å². The fourth-order valence-electron chi connectivity index (χ4n) is 5.83. The first-order valence-corrected chi connectivity index (χ1v) is 13.0. The van der Waals surface area contributed by atoms with Gasteiger partial charge in [0.15, 0.2) is 5.78 Å². The van der Waals surface area contributed by atoms with E-state index in [1.807, 2.05) is 78.9 Å². The molecule has 0 aromatic heterocycles. The molecule has 0 bridgehead atoms. The number of rotatable bonds is 4. The lowest BCUT2D eigenvalue weighted by Crippen LogP contribution is -2.50. The molecule has 6 rings (SSSR count). The van der Waals surface area contributed by atoms with Crippen LogP contribution in [-0.2, 0) is 10.3 Å². The molecule has 178 valence electrons. The van der Waals surface area contributed by atoms with E-state index in [0.717, 1.165) is 26.9 Å². The van der Waals surface area contributed by atoms with Crippen molar-refractivity contribution in [2.24, 2.45) is 5.92 Å². The first kappa shape index (κ1) is 23.2. The van der Waals surface area contributed by atoms with E-state index in [2.05, 4.69) is 26.6 Å². The minimum absolute atomic E-state index is 0.106. The van der Waals surface area contributed by atoms with Crippen LogP contribution < -0.4 is 10.6 Å². The molecule has 0 radical (unpaired) electrons. The van der Waals surface area contributed by atoms with Gasteiger partial charge in [-0.2, -0.15) is 0 Å². The summed E-state index contributed by atoms with van der Waals surface area (Å²) in [6.45, 7) is 0. The third-order valence-corrected chi connectivity index (χ3v) is 8.33. The van der Waals surface area contributed by atoms with E-state index >= 15 is 0 Å². The van der Waals surface area contributed by atoms with Crippen LogP contribution in [0.2, 0.25) is 5.02 Å². The second-order valence-corrected chi connectivity index (χ2v) is 10.5. The van der Waals surface area contributed by atoms with Crippen LogP contribution in [0.15, 0.2) is 108 Å². The quantitative estimate of drug-likeness (QED) is 0.269. The number of benzene rings is 4. The summed E-state index contributed by atoms with van der Waals surface area (Å²) in [6, 6.07) is 32.2. The fraction of sp³-hybridized carbons (Fsp3) is 0.133. The van der Waals surface area contributed by atoms with Gasteiger partial charge in [0.05, 0.1) is 5.92 Å². The molecule has 4 nitrogen and oxygen atoms in total. The van der Waals surface area contributed by atoms with Crippen LogP contribution in [0, 0.1) is 5.92 Å². The van der Waals surface area contributed by atoms with Gasteiger partial charge in [-0.3, -0.25) is 14.9 Å². The van der Waals surface area contributed by atoms with Crippen molar-refractivity contribution in [1.29, 1.82) is 0 Å². The highest BCUT2D eigenvalue weighted by Crippen LogP contribution is 2.58. The monoisotopic (exact) mass is 556 g/mol. The minimum Gasteiger partial charge on any atom is -0.324 e. The Morgan fingerprint density at radius 1 is 0.833 bits per heavy atom. The van der Waals surface area contributed by atoms with Crippen molar-refractivity contribution in [3.05, 3.63) is 135 Å². The number of carbonyl (C=O) groups excluding carboxylic acids is 2. The second kappa shape index (κ2) is 9.00. The summed E-state index contributed by atoms with van der Waals surface area (Å²) in [6.07, 6.45) is 0. The maximum Gasteiger partial charge on any atom is 0.250 e. The number of ketones is 1. The Morgan fingerprint density at radius 2 is 1.50 bits per heavy atom. The largest absolute Gasteiger partial charge is 0.324 e. The molecule has 2 unspecified atom stereocenters. The SMILES string of the molecule is O=C(c1ccc(Cl)cc1)C1[C@H](c2ccccc2Br)[C@@H](c2ccccc2)NC12C(=O)Nc1ccccc12. The smallest absolute Gasteiger partial charge is 0.250 e. The molecule has 4 aromatic rings. The summed E-state index contributed by atoms with van der Waals surface area (Å²) in [5, 5.41) is 7.30. The summed E-state index contributed by atoms with van der Waals surface area (Å²) >= 11 is 9.88. The summed E-state index contributed by atoms with van der Waals surface area (Å²) < 4.78 is 0.898. The lowest BCUT2D eigenvalue weighted by Gasteiger charge is -2.31. The molecule has 1 saturated heterocycles. The maximum absolute atomic E-state index is 14.5. The van der Waals surface area contributed by atoms with Crippen LogP contribution in [-0.4, -0.2) is 11.7 Å². The van der Waals surface area contributed by atoms with Crippen LogP contribution in [0.3, 0.4) is 0 Å². The van der Waals surface area contributed by atoms with Crippen molar-refractivity contribution in [3.8, 4) is 0 Å². The fourth-order valence-corrected chi connectivity index (χ4v) is 6.50. The molecule has 6 heteroatoms. The number of nitrogens with one attached hydrogen (secondary N) is 2. The Kier molecular flexibility index (Phi) is 5.79. The van der Waals surface area contributed by atoms with Crippen LogP contribution >= 0.6 is 27.5 Å². The average Bonchev–Trinajstić information content (AvgIpc) is 3.40. The highest BCUT2D eigenvalue weighted by molar-refractivity contribution is 9.10. The van der Waals surface area contributed by atoms with Gasteiger partial charge >= 0.3 is 0 Å². The molecule has 2 N–H and O–H groups in total. The number of hydrogen-bond donors (Lipinski definition) is 2. The maximum atomic E-state index is 14.5. The summed E-state index contributed by atoms with van der Waals surface area (Å²) in [5.41, 5.74) is 2.78. The first-order valence-electron chi connectivity index (χ1n) is 11.8. The number of hydrogen-bond acceptors (Lipinski definition) is 3. The lowest BCUT2D eigenvalue weighted by molar-refractivity contribution is -0.122. The predicted molar refractivity (Wildman–Crippen MR) is 145 cm³/mol. The van der Waals surface area contributed by atoms with Crippen molar-refractivity contribution >= 4 is 44.9 Å². The highest BCUT2D eigenvalue weighted by Gasteiger charge is 2.64. The Bertz CT molecular complexity index is 1470. The van der Waals surface area contributed by atoms with Crippen LogP contribution in [0.4, 0.5) is 5.69 Å². The van der Waals surface area contributed by atoms with Gasteiger partial charge in [0.2, 0.25) is 5.91 Å². The molecule has 1 fully saturated rings. The van der Waals surface area contributed by atoms with E-state index in [-0.39, 0.29) is 23.7 Å². The molecule has 1 spiro atoms. The van der Waals surface area contributed by atoms with Crippen molar-refractivity contribution in [1.82, 2.24) is 5.32 Å². The average molecular weight is 558 g/mol. The standard InChI is InChI=1S/C30H22BrClN2O2/c31-23-12-6-4-10-21(23)25-26(28(35)19-14-16-20(32)17-15-19)30(34-27(25)18-8-2-1-3-9-18)22-11-5-7-13-24(22)33-29(30)36/h1-17,25-27,34H,(H,33,36)/t25-,26?,27+,30?/m0/s1. The molecule has 0 aliphatic carbocycles. The first-order chi connectivity index (χ1) is 17.5. The van der Waals surface area contributed by atoms with Crippen molar-refractivity contribution in [3.63, 3.8) is 0 Å². The zero-order valence-electron chi connectivity index (χ0n) is 19.1. The minimum atomic E-state index is -1.24. The summed E-state index contributed by atoms with van der Waals surface area (Å²) in [4.78, 5) is 28.4. The molecule has 4 aromatic carbocycles. The third kappa shape index (κ3) is 3.53. The van der Waals surface area contributed by atoms with Gasteiger partial charge in [-0.15, -0.1) is 0 Å². The Hall–Kier alpha value is -3.25. The van der Waals surface area contributed by atoms with Crippen LogP contribution in [0.5, 0.6) is 0 Å². The van der Waals surface area contributed by atoms with Crippen LogP contribution in [0.1, 0.15) is 39.0 Å². The number of anilines is 1. The van der Waals surface area contributed by atoms with Gasteiger partial charge in [0.25, 0.3) is 0 Å². The second-order valence-electron chi connectivity index (χ2n) is 9.24. The van der Waals surface area contributed by atoms with Gasteiger partial charge in [-0.1, -0.05) is 94.3 Å². The van der Waals surface area contributed by atoms with Crippen molar-refractivity contribution in [2.75, 3.05) is 5.32 Å². The van der Waals surface area contributed by atoms with Gasteiger partial charge in [0, 0.05) is 38.3 Å². The number of carbonyl (C=O) groups is 2. The third-order valence-electron chi connectivity index (χ3n) is 7.36. The van der Waals surface area contributed by atoms with E-state index in [9.17, 15) is 9.59 Å². The Balaban J connectivity index is 1.64. The lowest BCUT2D eigenvalue weighted by atomic mass is 9.69. The van der Waals surface area contributed by atoms with Gasteiger partial charge < -0.3 is 5.32 Å². The topological polar surface area (TPSA) is 58.2 Å². The number of para-hydroxylation sites is 1. The van der Waals surface area contributed by atoms with E-state index in [0.29, 0.717) is 10.6 Å². The van der Waals surface area contributed by atoms with E-state index in [1.165, 1.54) is 0 Å². The van der Waals surface area contributed by atoms with Gasteiger partial charge in [-0.25, -0.2) is 0 Å². The van der Waals surface area contributed by atoms with Crippen LogP contribution in [0.25, 0.3) is 0 Å². The van der Waals surface area contributed by atoms with Gasteiger partial charge in [-0.05, 0) is 47.5 Å². The highest BCUT2D eigenvalue weighted by atomic mass is 79.9. The molecule has 36 heavy (non-hydrogen) atoms. The van der Waals surface area contributed by atoms with E-state index in [1.54, 1.807) is 24.3 Å². The van der Waals surface area contributed by atoms with Crippen molar-refractivity contribution in [2.45, 2.75) is 17.5 Å². The number of amides is 1. The zero-order valence-corrected chi connectivity index (χ0v) is 21.5. The van der Waals surface area contributed by atoms with Crippen molar-refractivity contribution < 1.29 is 9.59 Å². The molecule has 2 heterocycles. The Morgan fingerprint density at radius 3 is 2.25 bits per heavy atom. The molecular formula is C30H22BrClN2O2. The summed E-state index contributed by atoms with van der Waals surface area (Å²) in [5.74, 6) is -1.37. The molecule has 2 aliphatic heterocycles. The molecule has 0 saturated carbocycles.